The van der Waals surface area contributed by atoms with Gasteiger partial charge in [0.25, 0.3) is 0 Å². The Hall–Kier alpha value is -2.25. The third-order valence-corrected chi connectivity index (χ3v) is 7.05. The first-order chi connectivity index (χ1) is 14.8. The van der Waals surface area contributed by atoms with E-state index >= 15 is 0 Å². The van der Waals surface area contributed by atoms with Gasteiger partial charge in [-0.15, -0.1) is 0 Å². The molecule has 5 rings (SSSR count). The summed E-state index contributed by atoms with van der Waals surface area (Å²) < 4.78 is 0. The average Bonchev–Trinajstić information content (AvgIpc) is 2.89. The van der Waals surface area contributed by atoms with Crippen LogP contribution >= 0.6 is 23.2 Å². The molecule has 2 aromatic carbocycles. The van der Waals surface area contributed by atoms with E-state index in [-0.39, 0.29) is 24.4 Å². The third kappa shape index (κ3) is 3.38. The summed E-state index contributed by atoms with van der Waals surface area (Å²) in [7, 11) is 1.68. The Labute approximate surface area is 190 Å². The first kappa shape index (κ1) is 20.6. The first-order valence-corrected chi connectivity index (χ1v) is 11.0. The maximum Gasteiger partial charge on any atom is 0.249 e. The second kappa shape index (κ2) is 7.71. The molecule has 6 nitrogen and oxygen atoms in total. The van der Waals surface area contributed by atoms with Crippen molar-refractivity contribution < 1.29 is 14.4 Å². The monoisotopic (exact) mass is 457 g/mol. The molecule has 31 heavy (non-hydrogen) atoms. The highest BCUT2D eigenvalue weighted by Crippen LogP contribution is 2.41. The van der Waals surface area contributed by atoms with Crippen LogP contribution in [0.25, 0.3) is 0 Å². The lowest BCUT2D eigenvalue weighted by atomic mass is 9.80. The van der Waals surface area contributed by atoms with Crippen LogP contribution in [-0.4, -0.2) is 59.6 Å². The van der Waals surface area contributed by atoms with E-state index in [1.807, 2.05) is 36.4 Å². The van der Waals surface area contributed by atoms with Gasteiger partial charge in [-0.2, -0.15) is 0 Å². The largest absolute Gasteiger partial charge is 0.342 e. The number of Topliss-reactive ketones (excluding diaryl/α,β-unsaturated/α-hetero) is 2. The number of aryl methyl sites for hydroxylation is 2. The molecule has 2 aliphatic heterocycles. The van der Waals surface area contributed by atoms with Gasteiger partial charge in [-0.25, -0.2) is 10.4 Å². The van der Waals surface area contributed by atoms with E-state index in [0.29, 0.717) is 16.6 Å². The number of ketones is 2. The summed E-state index contributed by atoms with van der Waals surface area (Å²) in [6, 6.07) is 10.4. The van der Waals surface area contributed by atoms with Crippen molar-refractivity contribution >= 4 is 40.7 Å². The van der Waals surface area contributed by atoms with Gasteiger partial charge < -0.3 is 4.90 Å². The van der Waals surface area contributed by atoms with Crippen molar-refractivity contribution in [3.8, 4) is 0 Å². The summed E-state index contributed by atoms with van der Waals surface area (Å²) in [6.45, 7) is 0.315. The standard InChI is InChI=1S/C23H21Cl2N3O3/c1-27-11-18(28-21(23(27)31)22(30)19(29)10-26-28)20-16-6-4-14(24)8-12(16)2-3-13-9-15(25)5-7-17(13)20/h4-9,18,20-21,26H,2-3,10-11H2,1H3. The number of hydrogen-bond donors (Lipinski definition) is 1. The molecule has 160 valence electrons. The molecule has 2 saturated heterocycles. The molecule has 2 fully saturated rings. The lowest BCUT2D eigenvalue weighted by Crippen LogP contribution is -2.73. The van der Waals surface area contributed by atoms with E-state index in [1.54, 1.807) is 17.0 Å². The molecule has 0 spiro atoms. The Kier molecular flexibility index (Phi) is 5.13. The smallest absolute Gasteiger partial charge is 0.249 e. The zero-order valence-corrected chi connectivity index (χ0v) is 18.4. The number of nitrogens with zero attached hydrogens (tertiary/aromatic N) is 2. The molecule has 0 bridgehead atoms. The SMILES string of the molecule is CN1CC(C2c3ccc(Cl)cc3CCc3cc(Cl)ccc32)N2NCC(=O)C(=O)C2C1=O. The summed E-state index contributed by atoms with van der Waals surface area (Å²) in [5.74, 6) is -1.71. The predicted molar refractivity (Wildman–Crippen MR) is 117 cm³/mol. The molecule has 0 aromatic heterocycles. The second-order valence-corrected chi connectivity index (χ2v) is 9.26. The lowest BCUT2D eigenvalue weighted by molar-refractivity contribution is -0.161. The van der Waals surface area contributed by atoms with Crippen LogP contribution < -0.4 is 5.43 Å². The van der Waals surface area contributed by atoms with E-state index < -0.39 is 17.6 Å². The number of carbonyl (C=O) groups excluding carboxylic acids is 3. The molecule has 0 radical (unpaired) electrons. The van der Waals surface area contributed by atoms with Crippen molar-refractivity contribution in [2.45, 2.75) is 30.8 Å². The van der Waals surface area contributed by atoms with Gasteiger partial charge in [0.05, 0.1) is 12.6 Å². The number of rotatable bonds is 1. The normalized spacial score (nSPS) is 24.5. The Balaban J connectivity index is 1.69. The number of fused-ring (bicyclic) bond motifs is 3. The molecule has 1 amide bonds. The molecule has 2 atom stereocenters. The van der Waals surface area contributed by atoms with Gasteiger partial charge in [0.2, 0.25) is 17.5 Å². The summed E-state index contributed by atoms with van der Waals surface area (Å²) in [5.41, 5.74) is 7.57. The third-order valence-electron chi connectivity index (χ3n) is 6.58. The number of hydrazine groups is 1. The van der Waals surface area contributed by atoms with E-state index in [2.05, 4.69) is 5.43 Å². The molecular weight excluding hydrogens is 437 g/mol. The van der Waals surface area contributed by atoms with Crippen LogP contribution in [0.2, 0.25) is 10.0 Å². The molecule has 2 unspecified atom stereocenters. The Morgan fingerprint density at radius 2 is 1.52 bits per heavy atom. The van der Waals surface area contributed by atoms with Crippen LogP contribution in [0.3, 0.4) is 0 Å². The highest BCUT2D eigenvalue weighted by atomic mass is 35.5. The number of amides is 1. The number of hydrogen-bond acceptors (Lipinski definition) is 5. The van der Waals surface area contributed by atoms with Crippen molar-refractivity contribution in [2.24, 2.45) is 0 Å². The summed E-state index contributed by atoms with van der Waals surface area (Å²) in [5, 5.41) is 3.05. The molecule has 1 N–H and O–H groups in total. The van der Waals surface area contributed by atoms with Gasteiger partial charge in [-0.3, -0.25) is 14.4 Å². The molecule has 1 aliphatic carbocycles. The number of benzene rings is 2. The fraction of sp³-hybridized carbons (Fsp3) is 0.348. The van der Waals surface area contributed by atoms with Gasteiger partial charge >= 0.3 is 0 Å². The van der Waals surface area contributed by atoms with Crippen LogP contribution in [0.15, 0.2) is 36.4 Å². The van der Waals surface area contributed by atoms with Gasteiger partial charge in [-0.05, 0) is 59.4 Å². The molecule has 2 aromatic rings. The zero-order chi connectivity index (χ0) is 21.9. The second-order valence-electron chi connectivity index (χ2n) is 8.38. The van der Waals surface area contributed by atoms with Gasteiger partial charge in [0, 0.05) is 29.6 Å². The van der Waals surface area contributed by atoms with E-state index in [9.17, 15) is 14.4 Å². The van der Waals surface area contributed by atoms with E-state index in [0.717, 1.165) is 35.1 Å². The fourth-order valence-corrected chi connectivity index (χ4v) is 5.52. The maximum atomic E-state index is 12.8. The van der Waals surface area contributed by atoms with Crippen LogP contribution in [0.4, 0.5) is 0 Å². The van der Waals surface area contributed by atoms with E-state index in [1.165, 1.54) is 0 Å². The highest BCUT2D eigenvalue weighted by molar-refractivity contribution is 6.44. The molecule has 2 heterocycles. The summed E-state index contributed by atoms with van der Waals surface area (Å²) >= 11 is 12.6. The topological polar surface area (TPSA) is 69.7 Å². The van der Waals surface area contributed by atoms with Gasteiger partial charge in [0.15, 0.2) is 6.04 Å². The zero-order valence-electron chi connectivity index (χ0n) is 16.9. The Morgan fingerprint density at radius 3 is 2.10 bits per heavy atom. The quantitative estimate of drug-likeness (QED) is 0.525. The van der Waals surface area contributed by atoms with Crippen molar-refractivity contribution in [2.75, 3.05) is 20.1 Å². The number of carbonyl (C=O) groups is 3. The Bertz CT molecular complexity index is 1070. The molecule has 0 saturated carbocycles. The number of piperazine rings is 1. The molecular formula is C23H21Cl2N3O3. The lowest BCUT2D eigenvalue weighted by Gasteiger charge is -2.48. The Morgan fingerprint density at radius 1 is 0.935 bits per heavy atom. The fourth-order valence-electron chi connectivity index (χ4n) is 5.13. The van der Waals surface area contributed by atoms with E-state index in [4.69, 9.17) is 23.2 Å². The van der Waals surface area contributed by atoms with Crippen molar-refractivity contribution in [1.82, 2.24) is 15.3 Å². The van der Waals surface area contributed by atoms with Crippen molar-refractivity contribution in [1.29, 1.82) is 0 Å². The minimum Gasteiger partial charge on any atom is -0.342 e. The molecule has 8 heteroatoms. The highest BCUT2D eigenvalue weighted by Gasteiger charge is 2.51. The van der Waals surface area contributed by atoms with Crippen molar-refractivity contribution in [3.05, 3.63) is 68.7 Å². The van der Waals surface area contributed by atoms with Crippen LogP contribution in [0.5, 0.6) is 0 Å². The van der Waals surface area contributed by atoms with Gasteiger partial charge in [0.1, 0.15) is 0 Å². The van der Waals surface area contributed by atoms with Gasteiger partial charge in [-0.1, -0.05) is 35.3 Å². The van der Waals surface area contributed by atoms with Crippen LogP contribution in [0.1, 0.15) is 28.2 Å². The summed E-state index contributed by atoms with van der Waals surface area (Å²) in [4.78, 5) is 39.1. The summed E-state index contributed by atoms with van der Waals surface area (Å²) in [6.07, 6.45) is 1.63. The minimum atomic E-state index is -1.14. The first-order valence-electron chi connectivity index (χ1n) is 10.3. The predicted octanol–water partition coefficient (Wildman–Crippen LogP) is 2.39. The number of nitrogens with one attached hydrogen (secondary N) is 1. The van der Waals surface area contributed by atoms with Crippen LogP contribution in [-0.2, 0) is 27.2 Å². The molecule has 3 aliphatic rings. The minimum absolute atomic E-state index is 0.101. The number of halogens is 2. The number of likely N-dealkylation sites (N-methyl/N-ethyl adjacent to an activating group) is 1. The average molecular weight is 458 g/mol. The van der Waals surface area contributed by atoms with Crippen LogP contribution in [0, 0.1) is 0 Å². The maximum absolute atomic E-state index is 12.8. The van der Waals surface area contributed by atoms with Crippen molar-refractivity contribution in [3.63, 3.8) is 0 Å².